The first-order valence-corrected chi connectivity index (χ1v) is 11.8. The Morgan fingerprint density at radius 1 is 1.03 bits per heavy atom. The van der Waals surface area contributed by atoms with Crippen LogP contribution in [0.15, 0.2) is 70.6 Å². The van der Waals surface area contributed by atoms with E-state index >= 15 is 4.39 Å². The second-order valence-electron chi connectivity index (χ2n) is 8.07. The van der Waals surface area contributed by atoms with Crippen LogP contribution in [-0.4, -0.2) is 28.5 Å². The molecule has 1 atom stereocenters. The van der Waals surface area contributed by atoms with Crippen LogP contribution in [0.5, 0.6) is 0 Å². The summed E-state index contributed by atoms with van der Waals surface area (Å²) in [5.41, 5.74) is 2.79. The standard InChI is InChI=1S/C24H24F2N4O2S/c1-15(17-7-9-19(10-8-17)30(2)3)22-20(26)11-12-21-23(22)28-24(29-33(21,31)32)27-14-16-5-4-6-18(25)13-16/h4-13,15H,14H2,1-3H3,(H2,27,28,29)/t15-/m0/s1. The normalized spacial score (nSPS) is 16.5. The molecule has 3 aromatic rings. The first kappa shape index (κ1) is 22.7. The zero-order valence-corrected chi connectivity index (χ0v) is 19.2. The molecule has 4 rings (SSSR count). The van der Waals surface area contributed by atoms with Crippen LogP contribution >= 0.6 is 0 Å². The largest absolute Gasteiger partial charge is 0.378 e. The predicted molar refractivity (Wildman–Crippen MR) is 126 cm³/mol. The third-order valence-electron chi connectivity index (χ3n) is 5.57. The molecule has 0 spiro atoms. The maximum Gasteiger partial charge on any atom is 0.266 e. The average molecular weight is 471 g/mol. The van der Waals surface area contributed by atoms with Gasteiger partial charge in [-0.3, -0.25) is 0 Å². The van der Waals surface area contributed by atoms with Crippen molar-refractivity contribution in [3.63, 3.8) is 0 Å². The first-order chi connectivity index (χ1) is 15.7. The number of halogens is 2. The highest BCUT2D eigenvalue weighted by Crippen LogP contribution is 2.38. The van der Waals surface area contributed by atoms with E-state index in [4.69, 9.17) is 0 Å². The molecule has 0 bridgehead atoms. The molecule has 9 heteroatoms. The van der Waals surface area contributed by atoms with E-state index < -0.39 is 27.6 Å². The van der Waals surface area contributed by atoms with Gasteiger partial charge in [0.05, 0.1) is 12.2 Å². The molecule has 3 aromatic carbocycles. The molecule has 6 nitrogen and oxygen atoms in total. The zero-order valence-electron chi connectivity index (χ0n) is 18.4. The van der Waals surface area contributed by atoms with Crippen molar-refractivity contribution >= 4 is 27.4 Å². The number of rotatable bonds is 5. The van der Waals surface area contributed by atoms with E-state index in [1.165, 1.54) is 18.2 Å². The highest BCUT2D eigenvalue weighted by molar-refractivity contribution is 7.90. The molecule has 1 aliphatic heterocycles. The minimum atomic E-state index is -3.97. The lowest BCUT2D eigenvalue weighted by atomic mass is 9.91. The summed E-state index contributed by atoms with van der Waals surface area (Å²) in [7, 11) is -0.110. The molecule has 0 amide bonds. The molecule has 1 heterocycles. The molecule has 172 valence electrons. The lowest BCUT2D eigenvalue weighted by molar-refractivity contribution is 0.586. The van der Waals surface area contributed by atoms with Gasteiger partial charge >= 0.3 is 0 Å². The fourth-order valence-electron chi connectivity index (χ4n) is 3.78. The van der Waals surface area contributed by atoms with Gasteiger partial charge in [-0.25, -0.2) is 26.9 Å². The minimum absolute atomic E-state index is 0.0458. The van der Waals surface area contributed by atoms with Crippen molar-refractivity contribution in [2.24, 2.45) is 4.99 Å². The van der Waals surface area contributed by atoms with Crippen LogP contribution < -0.4 is 14.9 Å². The van der Waals surface area contributed by atoms with Crippen LogP contribution in [0.3, 0.4) is 0 Å². The number of nitrogens with zero attached hydrogens (tertiary/aromatic N) is 2. The summed E-state index contributed by atoms with van der Waals surface area (Å²) in [6.07, 6.45) is 0. The van der Waals surface area contributed by atoms with Crippen LogP contribution in [0.4, 0.5) is 20.2 Å². The smallest absolute Gasteiger partial charge is 0.266 e. The zero-order chi connectivity index (χ0) is 23.8. The average Bonchev–Trinajstić information content (AvgIpc) is 2.77. The van der Waals surface area contributed by atoms with E-state index in [0.717, 1.165) is 17.3 Å². The molecule has 2 N–H and O–H groups in total. The molecule has 0 unspecified atom stereocenters. The maximum absolute atomic E-state index is 15.1. The van der Waals surface area contributed by atoms with E-state index in [0.29, 0.717) is 5.56 Å². The molecule has 33 heavy (non-hydrogen) atoms. The molecule has 0 radical (unpaired) electrons. The van der Waals surface area contributed by atoms with E-state index in [1.807, 2.05) is 50.2 Å². The van der Waals surface area contributed by atoms with Crippen molar-refractivity contribution in [3.05, 3.63) is 89.0 Å². The summed E-state index contributed by atoms with van der Waals surface area (Å²) in [5.74, 6) is -1.41. The number of hydrogen-bond donors (Lipinski definition) is 2. The van der Waals surface area contributed by atoms with Crippen molar-refractivity contribution in [3.8, 4) is 0 Å². The van der Waals surface area contributed by atoms with Gasteiger partial charge in [0.25, 0.3) is 10.0 Å². The van der Waals surface area contributed by atoms with Gasteiger partial charge in [-0.05, 0) is 47.5 Å². The molecule has 0 aliphatic carbocycles. The van der Waals surface area contributed by atoms with E-state index in [-0.39, 0.29) is 28.7 Å². The third kappa shape index (κ3) is 4.68. The number of aliphatic imine (C=N–C) groups is 1. The van der Waals surface area contributed by atoms with E-state index in [1.54, 1.807) is 12.1 Å². The van der Waals surface area contributed by atoms with Gasteiger partial charge in [0, 0.05) is 31.3 Å². The number of benzene rings is 3. The van der Waals surface area contributed by atoms with Crippen LogP contribution in [0.25, 0.3) is 0 Å². The van der Waals surface area contributed by atoms with Crippen molar-refractivity contribution in [2.45, 2.75) is 24.3 Å². The van der Waals surface area contributed by atoms with Crippen LogP contribution in [0.1, 0.15) is 29.5 Å². The second-order valence-corrected chi connectivity index (χ2v) is 9.72. The fourth-order valence-corrected chi connectivity index (χ4v) is 4.94. The van der Waals surface area contributed by atoms with Gasteiger partial charge in [-0.1, -0.05) is 31.2 Å². The van der Waals surface area contributed by atoms with Gasteiger partial charge in [0.1, 0.15) is 16.5 Å². The molecule has 0 saturated carbocycles. The summed E-state index contributed by atoms with van der Waals surface area (Å²) in [4.78, 5) is 6.15. The third-order valence-corrected chi connectivity index (χ3v) is 6.95. The monoisotopic (exact) mass is 470 g/mol. The van der Waals surface area contributed by atoms with E-state index in [9.17, 15) is 12.8 Å². The number of guanidine groups is 1. The summed E-state index contributed by atoms with van der Waals surface area (Å²) in [6, 6.07) is 15.9. The fraction of sp³-hybridized carbons (Fsp3) is 0.208. The summed E-state index contributed by atoms with van der Waals surface area (Å²) < 4.78 is 56.6. The van der Waals surface area contributed by atoms with Crippen molar-refractivity contribution in [2.75, 3.05) is 24.3 Å². The molecule has 0 fully saturated rings. The summed E-state index contributed by atoms with van der Waals surface area (Å²) in [5, 5.41) is 2.94. The van der Waals surface area contributed by atoms with E-state index in [2.05, 4.69) is 15.0 Å². The quantitative estimate of drug-likeness (QED) is 0.578. The molecule has 0 saturated heterocycles. The highest BCUT2D eigenvalue weighted by atomic mass is 32.2. The Hall–Kier alpha value is -3.46. The molecular formula is C24H24F2N4O2S. The highest BCUT2D eigenvalue weighted by Gasteiger charge is 2.32. The molecule has 0 aromatic heterocycles. The van der Waals surface area contributed by atoms with Crippen LogP contribution in [0, 0.1) is 11.6 Å². The Morgan fingerprint density at radius 3 is 2.42 bits per heavy atom. The number of anilines is 2. The Balaban J connectivity index is 1.73. The van der Waals surface area contributed by atoms with Crippen molar-refractivity contribution < 1.29 is 17.2 Å². The second kappa shape index (κ2) is 8.82. The summed E-state index contributed by atoms with van der Waals surface area (Å²) in [6.45, 7) is 1.87. The van der Waals surface area contributed by atoms with Gasteiger partial charge in [-0.2, -0.15) is 0 Å². The van der Waals surface area contributed by atoms with Gasteiger partial charge < -0.3 is 10.2 Å². The van der Waals surface area contributed by atoms with Crippen LogP contribution in [-0.2, 0) is 16.6 Å². The lowest BCUT2D eigenvalue weighted by Gasteiger charge is -2.27. The predicted octanol–water partition coefficient (Wildman–Crippen LogP) is 4.44. The number of sulfonamides is 1. The Bertz CT molecular complexity index is 1320. The van der Waals surface area contributed by atoms with Gasteiger partial charge in [0.2, 0.25) is 5.96 Å². The minimum Gasteiger partial charge on any atom is -0.378 e. The summed E-state index contributed by atoms with van der Waals surface area (Å²) >= 11 is 0. The maximum atomic E-state index is 15.1. The first-order valence-electron chi connectivity index (χ1n) is 10.3. The Kier molecular flexibility index (Phi) is 6.07. The van der Waals surface area contributed by atoms with Crippen molar-refractivity contribution in [1.82, 2.24) is 4.72 Å². The van der Waals surface area contributed by atoms with Gasteiger partial charge in [0.15, 0.2) is 0 Å². The lowest BCUT2D eigenvalue weighted by Crippen LogP contribution is -2.41. The van der Waals surface area contributed by atoms with Crippen molar-refractivity contribution in [1.29, 1.82) is 0 Å². The SMILES string of the molecule is C[C@@H](c1ccc(N(C)C)cc1)c1c(F)ccc2c1NC(=NCc1cccc(F)c1)NS2(=O)=O. The molecule has 1 aliphatic rings. The van der Waals surface area contributed by atoms with Crippen LogP contribution in [0.2, 0.25) is 0 Å². The number of nitrogens with one attached hydrogen (secondary N) is 2. The number of hydrogen-bond acceptors (Lipinski definition) is 4. The topological polar surface area (TPSA) is 73.8 Å². The Labute approximate surface area is 192 Å². The molecular weight excluding hydrogens is 446 g/mol. The number of fused-ring (bicyclic) bond motifs is 1. The Morgan fingerprint density at radius 2 is 1.76 bits per heavy atom. The van der Waals surface area contributed by atoms with Gasteiger partial charge in [-0.15, -0.1) is 0 Å².